The van der Waals surface area contributed by atoms with Crippen LogP contribution in [0.2, 0.25) is 0 Å². The molecule has 0 spiro atoms. The van der Waals surface area contributed by atoms with Crippen LogP contribution in [0.25, 0.3) is 0 Å². The lowest BCUT2D eigenvalue weighted by molar-refractivity contribution is -0.126. The summed E-state index contributed by atoms with van der Waals surface area (Å²) in [6.45, 7) is 6.56. The number of pyridine rings is 1. The summed E-state index contributed by atoms with van der Waals surface area (Å²) in [6, 6.07) is 8.53. The molecule has 232 valence electrons. The first-order valence-electron chi connectivity index (χ1n) is 14.3. The number of benzene rings is 1. The van der Waals surface area contributed by atoms with E-state index in [0.717, 1.165) is 5.56 Å². The molecule has 2 rings (SSSR count). The molecule has 0 aliphatic carbocycles. The second kappa shape index (κ2) is 16.9. The minimum Gasteiger partial charge on any atom is -0.388 e. The summed E-state index contributed by atoms with van der Waals surface area (Å²) in [5.41, 5.74) is 0.877. The van der Waals surface area contributed by atoms with Crippen molar-refractivity contribution in [1.29, 1.82) is 0 Å². The lowest BCUT2D eigenvalue weighted by Gasteiger charge is -2.32. The van der Waals surface area contributed by atoms with E-state index in [0.29, 0.717) is 25.7 Å². The summed E-state index contributed by atoms with van der Waals surface area (Å²) >= 11 is 0. The fourth-order valence-electron chi connectivity index (χ4n) is 4.79. The van der Waals surface area contributed by atoms with E-state index >= 15 is 0 Å². The molecule has 0 fully saturated rings. The van der Waals surface area contributed by atoms with Crippen molar-refractivity contribution in [2.45, 2.75) is 95.4 Å². The van der Waals surface area contributed by atoms with E-state index in [1.54, 1.807) is 36.4 Å². The molecule has 42 heavy (non-hydrogen) atoms. The molecule has 3 amide bonds. The van der Waals surface area contributed by atoms with E-state index < -0.39 is 68.9 Å². The fraction of sp³-hybridized carbons (Fsp3) is 0.533. The Hall–Kier alpha value is -3.35. The molecule has 5 N–H and O–H groups in total. The van der Waals surface area contributed by atoms with Gasteiger partial charge in [0.05, 0.1) is 28.6 Å². The summed E-state index contributed by atoms with van der Waals surface area (Å²) in [6.07, 6.45) is 1.97. The zero-order chi connectivity index (χ0) is 31.3. The molecule has 0 aliphatic heterocycles. The van der Waals surface area contributed by atoms with Gasteiger partial charge < -0.3 is 26.2 Å². The number of sulfone groups is 1. The Morgan fingerprint density at radius 1 is 0.905 bits per heavy atom. The summed E-state index contributed by atoms with van der Waals surface area (Å²) in [7, 11) is -3.83. The van der Waals surface area contributed by atoms with Crippen LogP contribution in [0.3, 0.4) is 0 Å². The Balaban J connectivity index is 2.41. The van der Waals surface area contributed by atoms with Gasteiger partial charge >= 0.3 is 0 Å². The van der Waals surface area contributed by atoms with Crippen LogP contribution in [-0.4, -0.2) is 82.7 Å². The number of aromatic nitrogens is 1. The minimum atomic E-state index is -3.83. The predicted octanol–water partition coefficient (Wildman–Crippen LogP) is 1.54. The maximum absolute atomic E-state index is 13.7. The van der Waals surface area contributed by atoms with Gasteiger partial charge in [0.2, 0.25) is 11.8 Å². The molecular weight excluding hydrogens is 560 g/mol. The van der Waals surface area contributed by atoms with Crippen LogP contribution in [0.4, 0.5) is 0 Å². The molecule has 11 nitrogen and oxygen atoms in total. The fourth-order valence-corrected chi connectivity index (χ4v) is 6.95. The molecule has 1 heterocycles. The molecule has 5 atom stereocenters. The molecule has 12 heteroatoms. The van der Waals surface area contributed by atoms with Crippen molar-refractivity contribution in [2.24, 2.45) is 0 Å². The summed E-state index contributed by atoms with van der Waals surface area (Å²) < 4.78 is 27.0. The first-order valence-corrected chi connectivity index (χ1v) is 16.0. The zero-order valence-corrected chi connectivity index (χ0v) is 25.5. The van der Waals surface area contributed by atoms with E-state index in [1.165, 1.54) is 32.3 Å². The Morgan fingerprint density at radius 2 is 1.55 bits per heavy atom. The number of carbonyl (C=O) groups excluding carboxylic acids is 3. The Labute approximate surface area is 248 Å². The second-order valence-corrected chi connectivity index (χ2v) is 12.9. The molecule has 0 unspecified atom stereocenters. The van der Waals surface area contributed by atoms with E-state index in [4.69, 9.17) is 0 Å². The molecule has 0 saturated carbocycles. The van der Waals surface area contributed by atoms with E-state index in [1.807, 2.05) is 13.8 Å². The third kappa shape index (κ3) is 10.8. The number of carbonyl (C=O) groups is 3. The van der Waals surface area contributed by atoms with E-state index in [9.17, 15) is 33.0 Å². The number of aliphatic hydroxyl groups is 2. The standard InChI is InChI=1S/C30H44N4O7S/c1-5-11-24(12-6-2)42(40,41)19-26(34-29(38)23-15-10-16-31-18-23)30(39)33-25(17-22-13-8-7-9-14-22)28(37)27(36)20(3)32-21(4)35/h7-10,13-16,18,20,24-28,36-37H,5-6,11-12,17,19H2,1-4H3,(H,32,35)(H,33,39)(H,34,38)/t20-,25+,26-,27-,28-/m0/s1. The number of aliphatic hydroxyl groups excluding tert-OH is 2. The Kier molecular flexibility index (Phi) is 14.1. The van der Waals surface area contributed by atoms with Gasteiger partial charge in [0.25, 0.3) is 5.91 Å². The van der Waals surface area contributed by atoms with Gasteiger partial charge in [0, 0.05) is 19.3 Å². The van der Waals surface area contributed by atoms with Gasteiger partial charge in [-0.3, -0.25) is 19.4 Å². The number of nitrogens with one attached hydrogen (secondary N) is 3. The maximum atomic E-state index is 13.7. The third-order valence-corrected chi connectivity index (χ3v) is 9.29. The summed E-state index contributed by atoms with van der Waals surface area (Å²) in [4.78, 5) is 42.2. The topological polar surface area (TPSA) is 175 Å². The summed E-state index contributed by atoms with van der Waals surface area (Å²) in [5.74, 6) is -2.56. The predicted molar refractivity (Wildman–Crippen MR) is 160 cm³/mol. The molecule has 2 aromatic rings. The Morgan fingerprint density at radius 3 is 2.10 bits per heavy atom. The average molecular weight is 605 g/mol. The van der Waals surface area contributed by atoms with Crippen LogP contribution in [-0.2, 0) is 25.8 Å². The zero-order valence-electron chi connectivity index (χ0n) is 24.7. The van der Waals surface area contributed by atoms with Crippen molar-refractivity contribution in [3.63, 3.8) is 0 Å². The molecule has 1 aromatic heterocycles. The van der Waals surface area contributed by atoms with Crippen LogP contribution in [0.5, 0.6) is 0 Å². The van der Waals surface area contributed by atoms with Gasteiger partial charge in [0.15, 0.2) is 9.84 Å². The highest BCUT2D eigenvalue weighted by Gasteiger charge is 2.36. The van der Waals surface area contributed by atoms with Crippen LogP contribution in [0.1, 0.15) is 69.3 Å². The summed E-state index contributed by atoms with van der Waals surface area (Å²) in [5, 5.41) is 29.0. The lowest BCUT2D eigenvalue weighted by atomic mass is 9.94. The largest absolute Gasteiger partial charge is 0.388 e. The lowest BCUT2D eigenvalue weighted by Crippen LogP contribution is -2.59. The minimum absolute atomic E-state index is 0.0852. The highest BCUT2D eigenvalue weighted by atomic mass is 32.2. The third-order valence-electron chi connectivity index (χ3n) is 7.01. The van der Waals surface area contributed by atoms with Gasteiger partial charge in [0.1, 0.15) is 18.2 Å². The highest BCUT2D eigenvalue weighted by Crippen LogP contribution is 2.18. The maximum Gasteiger partial charge on any atom is 0.253 e. The van der Waals surface area contributed by atoms with Crippen molar-refractivity contribution in [1.82, 2.24) is 20.9 Å². The van der Waals surface area contributed by atoms with Crippen LogP contribution in [0, 0.1) is 0 Å². The Bertz CT molecular complexity index is 1240. The second-order valence-electron chi connectivity index (χ2n) is 10.6. The van der Waals surface area contributed by atoms with Crippen molar-refractivity contribution < 1.29 is 33.0 Å². The SMILES string of the molecule is CCCC(CCC)S(=O)(=O)C[C@H](NC(=O)c1cccnc1)C(=O)N[C@H](Cc1ccccc1)[C@H](O)[C@@H](O)[C@H](C)NC(C)=O. The molecule has 1 aromatic carbocycles. The number of rotatable bonds is 17. The first-order chi connectivity index (χ1) is 19.9. The average Bonchev–Trinajstić information content (AvgIpc) is 2.96. The molecule has 0 saturated heterocycles. The van der Waals surface area contributed by atoms with Crippen molar-refractivity contribution in [3.8, 4) is 0 Å². The van der Waals surface area contributed by atoms with Crippen molar-refractivity contribution in [2.75, 3.05) is 5.75 Å². The van der Waals surface area contributed by atoms with Crippen molar-refractivity contribution in [3.05, 3.63) is 66.0 Å². The highest BCUT2D eigenvalue weighted by molar-refractivity contribution is 7.92. The van der Waals surface area contributed by atoms with Gasteiger partial charge in [-0.15, -0.1) is 0 Å². The number of amides is 3. The quantitative estimate of drug-likeness (QED) is 0.181. The molecule has 0 aliphatic rings. The van der Waals surface area contributed by atoms with E-state index in [-0.39, 0.29) is 12.0 Å². The first kappa shape index (κ1) is 34.8. The van der Waals surface area contributed by atoms with Crippen molar-refractivity contribution >= 4 is 27.6 Å². The molecule has 0 bridgehead atoms. The van der Waals surface area contributed by atoms with Crippen LogP contribution in [0.15, 0.2) is 54.9 Å². The monoisotopic (exact) mass is 604 g/mol. The molecular formula is C30H44N4O7S. The van der Waals surface area contributed by atoms with Gasteiger partial charge in [-0.25, -0.2) is 8.42 Å². The number of hydrogen-bond acceptors (Lipinski definition) is 8. The normalized spacial score (nSPS) is 15.2. The van der Waals surface area contributed by atoms with Gasteiger partial charge in [-0.1, -0.05) is 57.0 Å². The van der Waals surface area contributed by atoms with Crippen LogP contribution < -0.4 is 16.0 Å². The number of hydrogen-bond donors (Lipinski definition) is 5. The molecule has 0 radical (unpaired) electrons. The van der Waals surface area contributed by atoms with Gasteiger partial charge in [-0.05, 0) is 43.9 Å². The van der Waals surface area contributed by atoms with Crippen LogP contribution >= 0.6 is 0 Å². The van der Waals surface area contributed by atoms with E-state index in [2.05, 4.69) is 20.9 Å². The number of nitrogens with zero attached hydrogens (tertiary/aromatic N) is 1. The smallest absolute Gasteiger partial charge is 0.253 e. The van der Waals surface area contributed by atoms with Gasteiger partial charge in [-0.2, -0.15) is 0 Å².